The Morgan fingerprint density at radius 1 is 0.532 bits per heavy atom. The molecule has 1 rings (SSSR count). The first kappa shape index (κ1) is 44.4. The molecular weight excluding hydrogens is 576 g/mol. The molecule has 0 unspecified atom stereocenters. The number of hydrogen-bond acceptors (Lipinski definition) is 4. The fourth-order valence-corrected chi connectivity index (χ4v) is 7.52. The van der Waals surface area contributed by atoms with Gasteiger partial charge in [0, 0.05) is 19.5 Å². The molecule has 1 heterocycles. The van der Waals surface area contributed by atoms with Crippen LogP contribution in [0.5, 0.6) is 0 Å². The lowest BCUT2D eigenvalue weighted by Gasteiger charge is -2.42. The Hall–Kier alpha value is -0.650. The first-order chi connectivity index (χ1) is 23.1. The highest BCUT2D eigenvalue weighted by atomic mass is 16.1. The van der Waals surface area contributed by atoms with Crippen LogP contribution in [-0.2, 0) is 4.79 Å². The Bertz CT molecular complexity index is 665. The van der Waals surface area contributed by atoms with E-state index in [9.17, 15) is 4.79 Å². The van der Waals surface area contributed by atoms with Gasteiger partial charge in [-0.25, -0.2) is 0 Å². The zero-order valence-corrected chi connectivity index (χ0v) is 32.7. The predicted octanol–water partition coefficient (Wildman–Crippen LogP) is 12.1. The average Bonchev–Trinajstić information content (AvgIpc) is 3.56. The van der Waals surface area contributed by atoms with Gasteiger partial charge in [-0.3, -0.25) is 20.3 Å². The van der Waals surface area contributed by atoms with Gasteiger partial charge in [0.15, 0.2) is 0 Å². The minimum atomic E-state index is -0.197. The van der Waals surface area contributed by atoms with Gasteiger partial charge in [0.2, 0.25) is 5.91 Å². The number of carbonyl (C=O) groups is 1. The monoisotopic (exact) mass is 663 g/mol. The van der Waals surface area contributed by atoms with Crippen LogP contribution in [0.1, 0.15) is 233 Å². The predicted molar refractivity (Wildman–Crippen MR) is 208 cm³/mol. The fourth-order valence-electron chi connectivity index (χ4n) is 7.52. The lowest BCUT2D eigenvalue weighted by atomic mass is 10.0. The van der Waals surface area contributed by atoms with Crippen molar-refractivity contribution in [2.24, 2.45) is 0 Å². The van der Waals surface area contributed by atoms with Gasteiger partial charge >= 0.3 is 0 Å². The second kappa shape index (κ2) is 32.5. The molecule has 1 saturated heterocycles. The molecule has 1 amide bonds. The summed E-state index contributed by atoms with van der Waals surface area (Å²) >= 11 is 0. The Kier molecular flexibility index (Phi) is 30.7. The Labute approximate surface area is 295 Å². The third kappa shape index (κ3) is 25.0. The van der Waals surface area contributed by atoms with Crippen LogP contribution in [0.2, 0.25) is 0 Å². The highest BCUT2D eigenvalue weighted by Gasteiger charge is 2.39. The van der Waals surface area contributed by atoms with E-state index in [-0.39, 0.29) is 17.9 Å². The molecule has 0 aliphatic carbocycles. The molecule has 5 heteroatoms. The lowest BCUT2D eigenvalue weighted by molar-refractivity contribution is -0.124. The van der Waals surface area contributed by atoms with Gasteiger partial charge in [0.25, 0.3) is 0 Å². The van der Waals surface area contributed by atoms with Crippen molar-refractivity contribution in [2.75, 3.05) is 20.1 Å². The zero-order valence-electron chi connectivity index (χ0n) is 32.7. The maximum atomic E-state index is 12.7. The first-order valence-corrected chi connectivity index (χ1v) is 21.6. The van der Waals surface area contributed by atoms with Crippen molar-refractivity contribution in [2.45, 2.75) is 245 Å². The summed E-state index contributed by atoms with van der Waals surface area (Å²) in [6.07, 6.45) is 44.5. The number of rotatable bonds is 36. The van der Waals surface area contributed by atoms with Crippen LogP contribution in [0.3, 0.4) is 0 Å². The highest BCUT2D eigenvalue weighted by molar-refractivity contribution is 5.76. The maximum absolute atomic E-state index is 12.7. The van der Waals surface area contributed by atoms with Gasteiger partial charge in [-0.15, -0.1) is 0 Å². The second-order valence-electron chi connectivity index (χ2n) is 15.3. The first-order valence-electron chi connectivity index (χ1n) is 21.6. The van der Waals surface area contributed by atoms with E-state index in [0.717, 1.165) is 25.9 Å². The largest absolute Gasteiger partial charge is 0.341 e. The fraction of sp³-hybridized carbons (Fsp3) is 0.976. The summed E-state index contributed by atoms with van der Waals surface area (Å²) in [7, 11) is 2.16. The smallest absolute Gasteiger partial charge is 0.221 e. The van der Waals surface area contributed by atoms with E-state index in [1.54, 1.807) is 0 Å². The molecule has 47 heavy (non-hydrogen) atoms. The van der Waals surface area contributed by atoms with Crippen LogP contribution in [-0.4, -0.2) is 42.9 Å². The molecule has 0 aromatic heterocycles. The van der Waals surface area contributed by atoms with Crippen LogP contribution in [0.4, 0.5) is 0 Å². The minimum Gasteiger partial charge on any atom is -0.341 e. The summed E-state index contributed by atoms with van der Waals surface area (Å²) in [5.41, 5.74) is 0. The van der Waals surface area contributed by atoms with E-state index < -0.39 is 0 Å². The summed E-state index contributed by atoms with van der Waals surface area (Å²) in [5.74, 6) is 0.00624. The minimum absolute atomic E-state index is 0.0120. The highest BCUT2D eigenvalue weighted by Crippen LogP contribution is 2.22. The van der Waals surface area contributed by atoms with Gasteiger partial charge in [-0.1, -0.05) is 200 Å². The number of amides is 1. The van der Waals surface area contributed by atoms with Crippen molar-refractivity contribution in [3.8, 4) is 0 Å². The van der Waals surface area contributed by atoms with E-state index in [1.807, 2.05) is 0 Å². The molecule has 0 bridgehead atoms. The molecule has 0 aromatic carbocycles. The van der Waals surface area contributed by atoms with Crippen LogP contribution >= 0.6 is 0 Å². The topological polar surface area (TPSA) is 56.4 Å². The molecular formula is C42H86N4O. The van der Waals surface area contributed by atoms with Crippen molar-refractivity contribution in [1.29, 1.82) is 0 Å². The van der Waals surface area contributed by atoms with Crippen LogP contribution in [0.15, 0.2) is 0 Å². The molecule has 5 nitrogen and oxygen atoms in total. The summed E-state index contributed by atoms with van der Waals surface area (Å²) in [5, 5.41) is 10.8. The Morgan fingerprint density at radius 3 is 1.17 bits per heavy atom. The maximum Gasteiger partial charge on any atom is 0.221 e. The van der Waals surface area contributed by atoms with Crippen molar-refractivity contribution in [1.82, 2.24) is 20.9 Å². The van der Waals surface area contributed by atoms with E-state index >= 15 is 0 Å². The van der Waals surface area contributed by atoms with Crippen molar-refractivity contribution in [3.63, 3.8) is 0 Å². The molecule has 1 fully saturated rings. The van der Waals surface area contributed by atoms with Crippen LogP contribution < -0.4 is 16.0 Å². The summed E-state index contributed by atoms with van der Waals surface area (Å²) in [6.45, 7) is 8.71. The molecule has 0 spiro atoms. The van der Waals surface area contributed by atoms with Crippen LogP contribution in [0.25, 0.3) is 0 Å². The number of hydrogen-bond donors (Lipinski definition) is 3. The van der Waals surface area contributed by atoms with Gasteiger partial charge in [0.1, 0.15) is 5.79 Å². The number of carbonyl (C=O) groups excluding carboxylic acids is 1. The van der Waals surface area contributed by atoms with E-state index in [2.05, 4.69) is 48.7 Å². The molecule has 0 saturated carbocycles. The molecule has 1 atom stereocenters. The van der Waals surface area contributed by atoms with Gasteiger partial charge in [-0.2, -0.15) is 0 Å². The van der Waals surface area contributed by atoms with Crippen molar-refractivity contribution in [3.05, 3.63) is 0 Å². The molecule has 280 valence electrons. The molecule has 1 aliphatic heterocycles. The van der Waals surface area contributed by atoms with Gasteiger partial charge in [-0.05, 0) is 33.2 Å². The summed E-state index contributed by atoms with van der Waals surface area (Å²) < 4.78 is 0. The molecule has 3 N–H and O–H groups in total. The second-order valence-corrected chi connectivity index (χ2v) is 15.3. The number of nitrogens with one attached hydrogen (secondary N) is 3. The Balaban J connectivity index is 2.02. The normalized spacial score (nSPS) is 15.1. The van der Waals surface area contributed by atoms with Gasteiger partial charge in [0.05, 0.1) is 6.17 Å². The average molecular weight is 663 g/mol. The third-order valence-corrected chi connectivity index (χ3v) is 10.9. The molecule has 0 aromatic rings. The lowest BCUT2D eigenvalue weighted by Crippen LogP contribution is -2.66. The van der Waals surface area contributed by atoms with Crippen molar-refractivity contribution < 1.29 is 4.79 Å². The summed E-state index contributed by atoms with van der Waals surface area (Å²) in [4.78, 5) is 15.1. The third-order valence-electron chi connectivity index (χ3n) is 10.9. The van der Waals surface area contributed by atoms with Crippen LogP contribution in [0, 0.1) is 0 Å². The van der Waals surface area contributed by atoms with E-state index in [1.165, 1.54) is 193 Å². The SMILES string of the molecule is CCCCCCCCCCCCCCCCCCC1(N(C)[C@@H](C)NC(=O)CCCCCCCCCCCCCCCCC)NCCN1. The zero-order chi connectivity index (χ0) is 34.1. The Morgan fingerprint density at radius 2 is 0.830 bits per heavy atom. The number of unbranched alkanes of at least 4 members (excludes halogenated alkanes) is 29. The quantitative estimate of drug-likeness (QED) is 0.0461. The van der Waals surface area contributed by atoms with E-state index in [4.69, 9.17) is 0 Å². The van der Waals surface area contributed by atoms with E-state index in [0.29, 0.717) is 6.42 Å². The number of nitrogens with zero attached hydrogens (tertiary/aromatic N) is 1. The molecule has 0 radical (unpaired) electrons. The standard InChI is InChI=1S/C42H86N4O/c1-5-7-9-11-13-15-17-19-21-23-25-27-29-31-33-35-37-42(43-38-39-44-42)46(4)40(3)45-41(47)36-34-32-30-28-26-24-22-20-18-16-14-12-10-8-6-2/h40,43-44H,5-39H2,1-4H3,(H,45,47)/t40-/m0/s1. The van der Waals surface area contributed by atoms with Gasteiger partial charge < -0.3 is 5.32 Å². The summed E-state index contributed by atoms with van der Waals surface area (Å²) in [6, 6.07) is 0. The van der Waals surface area contributed by atoms with Crippen molar-refractivity contribution >= 4 is 5.91 Å². The molecule has 1 aliphatic rings.